The van der Waals surface area contributed by atoms with Crippen molar-refractivity contribution in [1.29, 1.82) is 0 Å². The normalized spacial score (nSPS) is 14.0. The van der Waals surface area contributed by atoms with Gasteiger partial charge in [0.1, 0.15) is 12.0 Å². The number of aryl methyl sites for hydroxylation is 1. The van der Waals surface area contributed by atoms with E-state index in [1.54, 1.807) is 25.1 Å². The van der Waals surface area contributed by atoms with E-state index in [-0.39, 0.29) is 16.3 Å². The minimum atomic E-state index is -4.64. The predicted molar refractivity (Wildman–Crippen MR) is 101 cm³/mol. The Kier molecular flexibility index (Phi) is 5.07. The molecule has 0 aliphatic carbocycles. The Labute approximate surface area is 160 Å². The number of imidazole rings is 1. The average molecular weight is 411 g/mol. The van der Waals surface area contributed by atoms with Gasteiger partial charge in [-0.15, -0.1) is 0 Å². The van der Waals surface area contributed by atoms with Crippen LogP contribution in [0.1, 0.15) is 11.4 Å². The summed E-state index contributed by atoms with van der Waals surface area (Å²) in [5, 5.41) is 0. The van der Waals surface area contributed by atoms with Crippen molar-refractivity contribution in [2.24, 2.45) is 0 Å². The van der Waals surface area contributed by atoms with E-state index in [4.69, 9.17) is 4.74 Å². The fraction of sp³-hybridized carbons (Fsp3) is 0.211. The van der Waals surface area contributed by atoms with Gasteiger partial charge in [-0.25, -0.2) is 4.98 Å². The highest BCUT2D eigenvalue weighted by molar-refractivity contribution is 7.97. The fourth-order valence-electron chi connectivity index (χ4n) is 2.83. The van der Waals surface area contributed by atoms with Crippen LogP contribution in [0.4, 0.5) is 13.2 Å². The van der Waals surface area contributed by atoms with Crippen LogP contribution in [0, 0.1) is 6.92 Å². The van der Waals surface area contributed by atoms with E-state index in [1.807, 2.05) is 0 Å². The first kappa shape index (κ1) is 20.1. The van der Waals surface area contributed by atoms with Crippen LogP contribution in [0.15, 0.2) is 47.4 Å². The molecular formula is C19H18F3N2O3S+. The molecule has 3 aromatic rings. The number of aromatic nitrogens is 2. The number of alkyl halides is 3. The van der Waals surface area contributed by atoms with E-state index in [1.165, 1.54) is 37.6 Å². The van der Waals surface area contributed by atoms with Crippen LogP contribution in [0.5, 0.6) is 5.75 Å². The van der Waals surface area contributed by atoms with Gasteiger partial charge in [0.15, 0.2) is 4.90 Å². The molecule has 1 atom stereocenters. The standard InChI is InChI=1S/C19H17F3N2O3S/c1-11-10-13(6-9-15(11)27-2)17-16(23-18(24-17)19(20,21)22)12-4-7-14(8-5-12)28(3,25)26/h4-10H,1-3H3,(H-,23,24,25,26)/p+1. The van der Waals surface area contributed by atoms with Crippen molar-refractivity contribution in [1.82, 2.24) is 9.97 Å². The summed E-state index contributed by atoms with van der Waals surface area (Å²) in [7, 11) is -1.65. The van der Waals surface area contributed by atoms with Gasteiger partial charge in [-0.3, -0.25) is 0 Å². The molecule has 5 nitrogen and oxygen atoms in total. The highest BCUT2D eigenvalue weighted by Gasteiger charge is 2.36. The third-order valence-electron chi connectivity index (χ3n) is 4.22. The highest BCUT2D eigenvalue weighted by Crippen LogP contribution is 2.37. The lowest BCUT2D eigenvalue weighted by atomic mass is 10.0. The molecule has 0 saturated carbocycles. The molecule has 2 N–H and O–H groups in total. The van der Waals surface area contributed by atoms with Gasteiger partial charge < -0.3 is 9.72 Å². The number of halogens is 3. The molecule has 0 aliphatic rings. The van der Waals surface area contributed by atoms with E-state index in [0.29, 0.717) is 16.9 Å². The van der Waals surface area contributed by atoms with Gasteiger partial charge in [0.25, 0.3) is 0 Å². The third-order valence-corrected chi connectivity index (χ3v) is 5.37. The molecule has 0 radical (unpaired) electrons. The van der Waals surface area contributed by atoms with Gasteiger partial charge >= 0.3 is 6.18 Å². The summed E-state index contributed by atoms with van der Waals surface area (Å²) in [5.41, 5.74) is 1.96. The zero-order chi connectivity index (χ0) is 20.7. The zero-order valence-corrected chi connectivity index (χ0v) is 16.1. The first-order valence-electron chi connectivity index (χ1n) is 8.15. The number of rotatable bonds is 4. The molecule has 0 fully saturated rings. The Balaban J connectivity index is 2.16. The van der Waals surface area contributed by atoms with Crippen LogP contribution in [0.2, 0.25) is 0 Å². The lowest BCUT2D eigenvalue weighted by Gasteiger charge is -2.08. The number of methoxy groups -OCH3 is 1. The number of ether oxygens (including phenoxy) is 1. The van der Waals surface area contributed by atoms with Crippen molar-refractivity contribution in [3.8, 4) is 28.3 Å². The Morgan fingerprint density at radius 2 is 1.71 bits per heavy atom. The van der Waals surface area contributed by atoms with E-state index in [2.05, 4.69) is 9.97 Å². The topological polar surface area (TPSA) is 75.2 Å². The predicted octanol–water partition coefficient (Wildman–Crippen LogP) is 5.04. The summed E-state index contributed by atoms with van der Waals surface area (Å²) in [6.07, 6.45) is -3.47. The van der Waals surface area contributed by atoms with Gasteiger partial charge in [0.2, 0.25) is 16.0 Å². The molecule has 0 saturated heterocycles. The van der Waals surface area contributed by atoms with Gasteiger partial charge in [0.05, 0.1) is 18.5 Å². The summed E-state index contributed by atoms with van der Waals surface area (Å²) in [5.74, 6) is -0.502. The maximum absolute atomic E-state index is 13.2. The summed E-state index contributed by atoms with van der Waals surface area (Å²) in [6.45, 7) is 1.78. The van der Waals surface area contributed by atoms with E-state index in [9.17, 15) is 21.9 Å². The second kappa shape index (κ2) is 7.06. The van der Waals surface area contributed by atoms with Crippen LogP contribution >= 0.6 is 0 Å². The minimum absolute atomic E-state index is 0.132. The first-order chi connectivity index (χ1) is 13.0. The molecule has 28 heavy (non-hydrogen) atoms. The molecule has 1 unspecified atom stereocenters. The minimum Gasteiger partial charge on any atom is -0.496 e. The van der Waals surface area contributed by atoms with Gasteiger partial charge in [-0.2, -0.15) is 17.7 Å². The molecule has 1 aromatic heterocycles. The number of nitrogens with one attached hydrogen (secondary N) is 1. The van der Waals surface area contributed by atoms with E-state index in [0.717, 1.165) is 5.56 Å². The molecule has 148 valence electrons. The van der Waals surface area contributed by atoms with Crippen LogP contribution in [0.25, 0.3) is 22.5 Å². The molecule has 9 heteroatoms. The number of hydrogen-bond donors (Lipinski definition) is 2. The SMILES string of the molecule is COc1ccc(-c2nc(C(F)(F)F)[nH]c2-c2ccc([S+](C)(=O)O)cc2)cc1C. The number of H-pyrrole nitrogens is 1. The summed E-state index contributed by atoms with van der Waals surface area (Å²) >= 11 is 0. The van der Waals surface area contributed by atoms with E-state index < -0.39 is 22.2 Å². The molecule has 0 amide bonds. The highest BCUT2D eigenvalue weighted by atomic mass is 32.3. The zero-order valence-electron chi connectivity index (χ0n) is 15.3. The fourth-order valence-corrected chi connectivity index (χ4v) is 3.47. The van der Waals surface area contributed by atoms with Gasteiger partial charge in [-0.1, -0.05) is 4.21 Å². The molecule has 2 aromatic carbocycles. The maximum atomic E-state index is 13.2. The van der Waals surface area contributed by atoms with Crippen molar-refractivity contribution >= 4 is 10.2 Å². The molecule has 3 rings (SSSR count). The number of hydrogen-bond acceptors (Lipinski definition) is 3. The average Bonchev–Trinajstić information content (AvgIpc) is 3.07. The van der Waals surface area contributed by atoms with Crippen LogP contribution in [0.3, 0.4) is 0 Å². The van der Waals surface area contributed by atoms with Crippen LogP contribution in [-0.2, 0) is 20.6 Å². The third kappa shape index (κ3) is 3.95. The van der Waals surface area contributed by atoms with Crippen molar-refractivity contribution in [2.45, 2.75) is 18.0 Å². The number of nitrogens with zero attached hydrogens (tertiary/aromatic N) is 1. The lowest BCUT2D eigenvalue weighted by molar-refractivity contribution is -0.144. The molecule has 0 bridgehead atoms. The monoisotopic (exact) mass is 411 g/mol. The second-order valence-electron chi connectivity index (χ2n) is 6.32. The summed E-state index contributed by atoms with van der Waals surface area (Å²) in [4.78, 5) is 6.30. The second-order valence-corrected chi connectivity index (χ2v) is 8.39. The van der Waals surface area contributed by atoms with Crippen molar-refractivity contribution in [2.75, 3.05) is 13.4 Å². The van der Waals surface area contributed by atoms with Crippen molar-refractivity contribution in [3.05, 3.63) is 53.9 Å². The summed E-state index contributed by atoms with van der Waals surface area (Å²) < 4.78 is 66.3. The largest absolute Gasteiger partial charge is 0.496 e. The Bertz CT molecular complexity index is 1050. The molecular weight excluding hydrogens is 393 g/mol. The maximum Gasteiger partial charge on any atom is 0.449 e. The van der Waals surface area contributed by atoms with Crippen molar-refractivity contribution in [3.63, 3.8) is 0 Å². The lowest BCUT2D eigenvalue weighted by Crippen LogP contribution is -2.07. The Morgan fingerprint density at radius 3 is 2.21 bits per heavy atom. The quantitative estimate of drug-likeness (QED) is 0.590. The van der Waals surface area contributed by atoms with E-state index >= 15 is 0 Å². The number of benzene rings is 2. The van der Waals surface area contributed by atoms with Gasteiger partial charge in [0, 0.05) is 11.1 Å². The molecule has 0 aliphatic heterocycles. The molecule has 0 spiro atoms. The Hall–Kier alpha value is -2.65. The summed E-state index contributed by atoms with van der Waals surface area (Å²) in [6, 6.07) is 10.8. The van der Waals surface area contributed by atoms with Crippen LogP contribution < -0.4 is 4.74 Å². The first-order valence-corrected chi connectivity index (χ1v) is 10.1. The Morgan fingerprint density at radius 1 is 1.11 bits per heavy atom. The van der Waals surface area contributed by atoms with Gasteiger partial charge in [-0.05, 0) is 55.0 Å². The number of aromatic amines is 1. The smallest absolute Gasteiger partial charge is 0.449 e. The van der Waals surface area contributed by atoms with Crippen LogP contribution in [-0.4, -0.2) is 27.9 Å². The molecule has 1 heterocycles. The van der Waals surface area contributed by atoms with Crippen molar-refractivity contribution < 1.29 is 26.7 Å².